The molecule has 1 aliphatic carbocycles. The normalized spacial score (nSPS) is 15.7. The second kappa shape index (κ2) is 5.66. The van der Waals surface area contributed by atoms with E-state index < -0.39 is 4.92 Å². The number of amides is 1. The van der Waals surface area contributed by atoms with Crippen molar-refractivity contribution in [3.05, 3.63) is 32.8 Å². The van der Waals surface area contributed by atoms with E-state index in [2.05, 4.69) is 12.2 Å². The van der Waals surface area contributed by atoms with Gasteiger partial charge in [0.05, 0.1) is 9.95 Å². The molecular weight excluding hydrogens is 282 g/mol. The summed E-state index contributed by atoms with van der Waals surface area (Å²) >= 11 is 5.82. The van der Waals surface area contributed by atoms with Crippen LogP contribution in [0.3, 0.4) is 0 Å². The van der Waals surface area contributed by atoms with Crippen LogP contribution in [0.4, 0.5) is 11.4 Å². The largest absolute Gasteiger partial charge is 0.392 e. The Morgan fingerprint density at radius 2 is 2.25 bits per heavy atom. The summed E-state index contributed by atoms with van der Waals surface area (Å²) in [5.74, 6) is 0.723. The molecule has 0 spiro atoms. The molecule has 1 aromatic rings. The van der Waals surface area contributed by atoms with Gasteiger partial charge in [-0.15, -0.1) is 0 Å². The van der Waals surface area contributed by atoms with Gasteiger partial charge >= 0.3 is 0 Å². The Balaban J connectivity index is 2.10. The SMILES string of the molecule is CC(CNC(=O)c1cc(Cl)c(N)c([N+](=O)[O-])c1)C1CC1. The number of carbonyl (C=O) groups excluding carboxylic acids is 1. The van der Waals surface area contributed by atoms with Gasteiger partial charge in [0.2, 0.25) is 0 Å². The number of hydrogen-bond acceptors (Lipinski definition) is 4. The summed E-state index contributed by atoms with van der Waals surface area (Å²) in [6, 6.07) is 2.50. The van der Waals surface area contributed by atoms with Gasteiger partial charge < -0.3 is 11.1 Å². The quantitative estimate of drug-likeness (QED) is 0.496. The number of benzene rings is 1. The maximum Gasteiger partial charge on any atom is 0.294 e. The fourth-order valence-electron chi connectivity index (χ4n) is 2.07. The van der Waals surface area contributed by atoms with E-state index >= 15 is 0 Å². The third kappa shape index (κ3) is 3.19. The van der Waals surface area contributed by atoms with Crippen molar-refractivity contribution in [1.29, 1.82) is 0 Å². The van der Waals surface area contributed by atoms with E-state index in [9.17, 15) is 14.9 Å². The molecule has 1 saturated carbocycles. The van der Waals surface area contributed by atoms with Crippen molar-refractivity contribution in [3.8, 4) is 0 Å². The number of nitrogens with zero attached hydrogens (tertiary/aromatic N) is 1. The zero-order valence-electron chi connectivity index (χ0n) is 11.1. The molecule has 1 atom stereocenters. The minimum absolute atomic E-state index is 0.0135. The second-order valence-electron chi connectivity index (χ2n) is 5.17. The minimum atomic E-state index is -0.648. The summed E-state index contributed by atoms with van der Waals surface area (Å²) < 4.78 is 0. The number of anilines is 1. The lowest BCUT2D eigenvalue weighted by molar-refractivity contribution is -0.383. The van der Waals surface area contributed by atoms with Crippen LogP contribution in [-0.4, -0.2) is 17.4 Å². The van der Waals surface area contributed by atoms with Crippen LogP contribution in [0.2, 0.25) is 5.02 Å². The Labute approximate surface area is 121 Å². The van der Waals surface area contributed by atoms with Gasteiger partial charge in [-0.25, -0.2) is 0 Å². The van der Waals surface area contributed by atoms with Gasteiger partial charge in [-0.2, -0.15) is 0 Å². The molecule has 1 fully saturated rings. The maximum absolute atomic E-state index is 12.0. The highest BCUT2D eigenvalue weighted by Crippen LogP contribution is 2.36. The van der Waals surface area contributed by atoms with E-state index in [0.29, 0.717) is 18.4 Å². The fourth-order valence-corrected chi connectivity index (χ4v) is 2.29. The highest BCUT2D eigenvalue weighted by atomic mass is 35.5. The third-order valence-electron chi connectivity index (χ3n) is 3.58. The van der Waals surface area contributed by atoms with Gasteiger partial charge in [-0.05, 0) is 30.7 Å². The minimum Gasteiger partial charge on any atom is -0.392 e. The molecule has 6 nitrogen and oxygen atoms in total. The highest BCUT2D eigenvalue weighted by molar-refractivity contribution is 6.34. The number of nitro groups is 1. The smallest absolute Gasteiger partial charge is 0.294 e. The number of nitrogens with one attached hydrogen (secondary N) is 1. The van der Waals surface area contributed by atoms with E-state index in [1.54, 1.807) is 0 Å². The molecule has 1 unspecified atom stereocenters. The van der Waals surface area contributed by atoms with E-state index in [-0.39, 0.29) is 27.9 Å². The first-order valence-corrected chi connectivity index (χ1v) is 6.79. The van der Waals surface area contributed by atoms with Crippen LogP contribution in [0.1, 0.15) is 30.1 Å². The van der Waals surface area contributed by atoms with Gasteiger partial charge in [0.1, 0.15) is 5.69 Å². The Hall–Kier alpha value is -1.82. The van der Waals surface area contributed by atoms with Crippen molar-refractivity contribution in [2.24, 2.45) is 11.8 Å². The van der Waals surface area contributed by atoms with Crippen LogP contribution in [0.25, 0.3) is 0 Å². The lowest BCUT2D eigenvalue weighted by Gasteiger charge is -2.12. The number of nitrogens with two attached hydrogens (primary N) is 1. The Morgan fingerprint density at radius 1 is 1.60 bits per heavy atom. The number of carbonyl (C=O) groups is 1. The summed E-state index contributed by atoms with van der Waals surface area (Å²) in [5.41, 5.74) is 5.19. The lowest BCUT2D eigenvalue weighted by atomic mass is 10.1. The monoisotopic (exact) mass is 297 g/mol. The predicted octanol–water partition coefficient (Wildman–Crippen LogP) is 2.61. The van der Waals surface area contributed by atoms with Crippen molar-refractivity contribution in [2.45, 2.75) is 19.8 Å². The van der Waals surface area contributed by atoms with Gasteiger partial charge in [-0.3, -0.25) is 14.9 Å². The number of nitrogen functional groups attached to an aromatic ring is 1. The maximum atomic E-state index is 12.0. The molecule has 108 valence electrons. The van der Waals surface area contributed by atoms with Crippen LogP contribution < -0.4 is 11.1 Å². The van der Waals surface area contributed by atoms with E-state index in [4.69, 9.17) is 17.3 Å². The summed E-state index contributed by atoms with van der Waals surface area (Å²) in [5, 5.41) is 13.6. The highest BCUT2D eigenvalue weighted by Gasteiger charge is 2.28. The van der Waals surface area contributed by atoms with E-state index in [0.717, 1.165) is 6.07 Å². The molecule has 7 heteroatoms. The third-order valence-corrected chi connectivity index (χ3v) is 3.89. The van der Waals surface area contributed by atoms with Crippen molar-refractivity contribution in [2.75, 3.05) is 12.3 Å². The van der Waals surface area contributed by atoms with Crippen LogP contribution in [-0.2, 0) is 0 Å². The fraction of sp³-hybridized carbons (Fsp3) is 0.462. The van der Waals surface area contributed by atoms with Crippen LogP contribution in [0.15, 0.2) is 12.1 Å². The summed E-state index contributed by atoms with van der Waals surface area (Å²) in [4.78, 5) is 22.2. The molecule has 20 heavy (non-hydrogen) atoms. The zero-order chi connectivity index (χ0) is 14.9. The van der Waals surface area contributed by atoms with Crippen molar-refractivity contribution >= 4 is 28.9 Å². The zero-order valence-corrected chi connectivity index (χ0v) is 11.8. The lowest BCUT2D eigenvalue weighted by Crippen LogP contribution is -2.29. The van der Waals surface area contributed by atoms with Crippen molar-refractivity contribution in [1.82, 2.24) is 5.32 Å². The molecule has 0 aromatic heterocycles. The van der Waals surface area contributed by atoms with Crippen molar-refractivity contribution < 1.29 is 9.72 Å². The molecule has 1 aliphatic rings. The average molecular weight is 298 g/mol. The Kier molecular flexibility index (Phi) is 4.13. The molecule has 0 saturated heterocycles. The first-order chi connectivity index (χ1) is 9.40. The topological polar surface area (TPSA) is 98.3 Å². The average Bonchev–Trinajstić information content (AvgIpc) is 3.22. The summed E-state index contributed by atoms with van der Waals surface area (Å²) in [6.07, 6.45) is 2.41. The standard InChI is InChI=1S/C13H16ClN3O3/c1-7(8-2-3-8)6-16-13(18)9-4-10(14)12(15)11(5-9)17(19)20/h4-5,7-8H,2-3,6,15H2,1H3,(H,16,18). The number of hydrogen-bond donors (Lipinski definition) is 2. The second-order valence-corrected chi connectivity index (χ2v) is 5.58. The predicted molar refractivity (Wildman–Crippen MR) is 76.7 cm³/mol. The number of nitro benzene ring substituents is 1. The van der Waals surface area contributed by atoms with Gasteiger partial charge in [0.15, 0.2) is 0 Å². The van der Waals surface area contributed by atoms with Crippen LogP contribution in [0, 0.1) is 22.0 Å². The first kappa shape index (κ1) is 14.6. The Morgan fingerprint density at radius 3 is 2.80 bits per heavy atom. The van der Waals surface area contributed by atoms with Gasteiger partial charge in [0.25, 0.3) is 11.6 Å². The van der Waals surface area contributed by atoms with Gasteiger partial charge in [0, 0.05) is 18.2 Å². The molecule has 3 N–H and O–H groups in total. The van der Waals surface area contributed by atoms with Gasteiger partial charge in [-0.1, -0.05) is 18.5 Å². The molecule has 1 aromatic carbocycles. The van der Waals surface area contributed by atoms with Crippen molar-refractivity contribution in [3.63, 3.8) is 0 Å². The molecule has 1 amide bonds. The van der Waals surface area contributed by atoms with Crippen LogP contribution >= 0.6 is 11.6 Å². The summed E-state index contributed by atoms with van der Waals surface area (Å²) in [7, 11) is 0. The summed E-state index contributed by atoms with van der Waals surface area (Å²) in [6.45, 7) is 2.63. The van der Waals surface area contributed by atoms with E-state index in [1.807, 2.05) is 0 Å². The molecular formula is C13H16ClN3O3. The molecule has 0 aliphatic heterocycles. The molecule has 0 bridgehead atoms. The van der Waals surface area contributed by atoms with E-state index in [1.165, 1.54) is 18.9 Å². The molecule has 0 heterocycles. The number of halogens is 1. The molecule has 2 rings (SSSR count). The Bertz CT molecular complexity index is 558. The number of rotatable bonds is 5. The van der Waals surface area contributed by atoms with Crippen LogP contribution in [0.5, 0.6) is 0 Å². The first-order valence-electron chi connectivity index (χ1n) is 6.41. The molecule has 0 radical (unpaired) electrons.